The third-order valence-corrected chi connectivity index (χ3v) is 4.61. The van der Waals surface area contributed by atoms with Crippen LogP contribution in [0, 0.1) is 0 Å². The summed E-state index contributed by atoms with van der Waals surface area (Å²) in [7, 11) is 1.60. The largest absolute Gasteiger partial charge is 0.507 e. The Morgan fingerprint density at radius 3 is 2.50 bits per heavy atom. The molecule has 1 heterocycles. The van der Waals surface area contributed by atoms with Crippen LogP contribution in [0.4, 0.5) is 0 Å². The van der Waals surface area contributed by atoms with Crippen LogP contribution in [0.5, 0.6) is 11.5 Å². The van der Waals surface area contributed by atoms with Crippen LogP contribution in [0.3, 0.4) is 0 Å². The molecule has 3 rings (SSSR count). The highest BCUT2D eigenvalue weighted by Crippen LogP contribution is 2.33. The van der Waals surface area contributed by atoms with Crippen molar-refractivity contribution in [1.82, 2.24) is 0 Å². The summed E-state index contributed by atoms with van der Waals surface area (Å²) >= 11 is 1.41. The number of aromatic hydroxyl groups is 1. The van der Waals surface area contributed by atoms with Crippen LogP contribution in [-0.2, 0) is 5.75 Å². The summed E-state index contributed by atoms with van der Waals surface area (Å²) in [6.45, 7) is 0. The van der Waals surface area contributed by atoms with Crippen molar-refractivity contribution < 1.29 is 14.3 Å². The van der Waals surface area contributed by atoms with Crippen LogP contribution in [0.1, 0.15) is 5.56 Å². The topological polar surface area (TPSA) is 59.7 Å². The highest BCUT2D eigenvalue weighted by Gasteiger charge is 2.14. The third kappa shape index (κ3) is 3.46. The fourth-order valence-corrected chi connectivity index (χ4v) is 3.31. The van der Waals surface area contributed by atoms with Crippen LogP contribution < -0.4 is 10.4 Å². The zero-order valence-electron chi connectivity index (χ0n) is 13.1. The van der Waals surface area contributed by atoms with Gasteiger partial charge in [0.25, 0.3) is 0 Å². The Bertz CT molecular complexity index is 887. The Morgan fingerprint density at radius 2 is 1.79 bits per heavy atom. The monoisotopic (exact) mass is 340 g/mol. The maximum atomic E-state index is 12.2. The molecule has 1 N–H and O–H groups in total. The van der Waals surface area contributed by atoms with Crippen LogP contribution in [-0.4, -0.2) is 12.2 Å². The molecular weight excluding hydrogens is 324 g/mol. The summed E-state index contributed by atoms with van der Waals surface area (Å²) in [4.78, 5) is 13.1. The summed E-state index contributed by atoms with van der Waals surface area (Å²) in [6, 6.07) is 18.2. The van der Waals surface area contributed by atoms with Gasteiger partial charge in [-0.05, 0) is 12.1 Å². The lowest BCUT2D eigenvalue weighted by atomic mass is 10.1. The molecule has 0 amide bonds. The Kier molecular flexibility index (Phi) is 4.91. The van der Waals surface area contributed by atoms with Crippen molar-refractivity contribution in [2.45, 2.75) is 10.6 Å². The molecule has 5 heteroatoms. The van der Waals surface area contributed by atoms with Gasteiger partial charge in [0.05, 0.1) is 12.7 Å². The van der Waals surface area contributed by atoms with E-state index >= 15 is 0 Å². The molecule has 2 aromatic carbocycles. The van der Waals surface area contributed by atoms with Gasteiger partial charge >= 0.3 is 5.63 Å². The molecule has 0 fully saturated rings. The molecule has 0 spiro atoms. The maximum absolute atomic E-state index is 12.2. The number of hydrogen-bond donors (Lipinski definition) is 1. The zero-order chi connectivity index (χ0) is 16.9. The molecule has 0 unspecified atom stereocenters. The average molecular weight is 340 g/mol. The van der Waals surface area contributed by atoms with Gasteiger partial charge in [-0.15, -0.1) is 11.8 Å². The predicted octanol–water partition coefficient (Wildman–Crippen LogP) is 4.31. The molecular formula is C19H16O4S. The first kappa shape index (κ1) is 16.2. The molecule has 0 atom stereocenters. The number of hydrogen-bond acceptors (Lipinski definition) is 5. The number of rotatable bonds is 5. The van der Waals surface area contributed by atoms with Gasteiger partial charge in [0.1, 0.15) is 17.3 Å². The molecule has 0 aliphatic heterocycles. The number of ether oxygens (including phenoxy) is 1. The van der Waals surface area contributed by atoms with E-state index in [1.54, 1.807) is 7.11 Å². The van der Waals surface area contributed by atoms with Gasteiger partial charge in [-0.25, -0.2) is 4.79 Å². The summed E-state index contributed by atoms with van der Waals surface area (Å²) in [5.41, 5.74) is 0.454. The molecule has 4 nitrogen and oxygen atoms in total. The zero-order valence-corrected chi connectivity index (χ0v) is 13.9. The minimum Gasteiger partial charge on any atom is -0.507 e. The van der Waals surface area contributed by atoms with E-state index in [4.69, 9.17) is 9.15 Å². The van der Waals surface area contributed by atoms with Crippen molar-refractivity contribution >= 4 is 11.8 Å². The third-order valence-electron chi connectivity index (χ3n) is 3.53. The lowest BCUT2D eigenvalue weighted by Gasteiger charge is -2.08. The van der Waals surface area contributed by atoms with Gasteiger partial charge in [0, 0.05) is 22.3 Å². The smallest absolute Gasteiger partial charge is 0.344 e. The summed E-state index contributed by atoms with van der Waals surface area (Å²) in [6.07, 6.45) is 0. The first-order valence-electron chi connectivity index (χ1n) is 7.36. The number of thioether (sulfide) groups is 1. The maximum Gasteiger partial charge on any atom is 0.344 e. The van der Waals surface area contributed by atoms with E-state index in [1.807, 2.05) is 54.6 Å². The molecule has 122 valence electrons. The van der Waals surface area contributed by atoms with Crippen molar-refractivity contribution in [3.05, 3.63) is 76.6 Å². The standard InChI is InChI=1S/C19H16O4S/c1-22-16-9-5-6-10-18(16)24-12-14-15(20)11-17(23-19(14)21)13-7-3-2-4-8-13/h2-11,20H,12H2,1H3. The van der Waals surface area contributed by atoms with Crippen molar-refractivity contribution in [2.75, 3.05) is 7.11 Å². The van der Waals surface area contributed by atoms with E-state index in [0.29, 0.717) is 11.5 Å². The molecule has 24 heavy (non-hydrogen) atoms. The number of methoxy groups -OCH3 is 1. The van der Waals surface area contributed by atoms with E-state index in [-0.39, 0.29) is 11.3 Å². The van der Waals surface area contributed by atoms with Crippen molar-refractivity contribution in [2.24, 2.45) is 0 Å². The molecule has 0 saturated carbocycles. The van der Waals surface area contributed by atoms with E-state index in [9.17, 15) is 9.90 Å². The number of benzene rings is 2. The summed E-state index contributed by atoms with van der Waals surface area (Å²) in [5, 5.41) is 10.2. The van der Waals surface area contributed by atoms with E-state index in [1.165, 1.54) is 17.8 Å². The highest BCUT2D eigenvalue weighted by molar-refractivity contribution is 7.98. The van der Waals surface area contributed by atoms with Crippen molar-refractivity contribution in [1.29, 1.82) is 0 Å². The van der Waals surface area contributed by atoms with Crippen LogP contribution in [0.15, 0.2) is 74.8 Å². The van der Waals surface area contributed by atoms with Gasteiger partial charge in [-0.3, -0.25) is 0 Å². The molecule has 1 aromatic heterocycles. The van der Waals surface area contributed by atoms with Gasteiger partial charge in [0.2, 0.25) is 0 Å². The second-order valence-electron chi connectivity index (χ2n) is 5.07. The van der Waals surface area contributed by atoms with Crippen molar-refractivity contribution in [3.8, 4) is 22.8 Å². The molecule has 0 aliphatic carbocycles. The SMILES string of the molecule is COc1ccccc1SCc1c(O)cc(-c2ccccc2)oc1=O. The van der Waals surface area contributed by atoms with Gasteiger partial charge in [-0.1, -0.05) is 42.5 Å². The second-order valence-corrected chi connectivity index (χ2v) is 6.08. The fourth-order valence-electron chi connectivity index (χ4n) is 2.27. The normalized spacial score (nSPS) is 10.5. The quantitative estimate of drug-likeness (QED) is 0.701. The van der Waals surface area contributed by atoms with Gasteiger partial charge in [-0.2, -0.15) is 0 Å². The molecule has 0 radical (unpaired) electrons. The Labute approximate surface area is 143 Å². The highest BCUT2D eigenvalue weighted by atomic mass is 32.2. The van der Waals surface area contributed by atoms with Crippen LogP contribution in [0.25, 0.3) is 11.3 Å². The Morgan fingerprint density at radius 1 is 1.08 bits per heavy atom. The van der Waals surface area contributed by atoms with E-state index in [2.05, 4.69) is 0 Å². The second kappa shape index (κ2) is 7.27. The summed E-state index contributed by atoms with van der Waals surface area (Å²) in [5.74, 6) is 1.31. The van der Waals surface area contributed by atoms with Gasteiger partial charge in [0.15, 0.2) is 0 Å². The van der Waals surface area contributed by atoms with Crippen LogP contribution >= 0.6 is 11.8 Å². The molecule has 0 saturated heterocycles. The number of para-hydroxylation sites is 1. The average Bonchev–Trinajstić information content (AvgIpc) is 2.62. The van der Waals surface area contributed by atoms with E-state index < -0.39 is 5.63 Å². The Hall–Kier alpha value is -2.66. The first-order chi connectivity index (χ1) is 11.7. The predicted molar refractivity (Wildman–Crippen MR) is 94.6 cm³/mol. The minimum atomic E-state index is -0.531. The minimum absolute atomic E-state index is 0.0625. The first-order valence-corrected chi connectivity index (χ1v) is 8.35. The Balaban J connectivity index is 1.86. The van der Waals surface area contributed by atoms with E-state index in [0.717, 1.165) is 16.2 Å². The molecule has 0 bridgehead atoms. The summed E-state index contributed by atoms with van der Waals surface area (Å²) < 4.78 is 10.6. The van der Waals surface area contributed by atoms with Crippen molar-refractivity contribution in [3.63, 3.8) is 0 Å². The fraction of sp³-hybridized carbons (Fsp3) is 0.105. The van der Waals surface area contributed by atoms with Crippen LogP contribution in [0.2, 0.25) is 0 Å². The lowest BCUT2D eigenvalue weighted by Crippen LogP contribution is -2.07. The molecule has 0 aliphatic rings. The lowest BCUT2D eigenvalue weighted by molar-refractivity contribution is 0.405. The molecule has 3 aromatic rings. The van der Waals surface area contributed by atoms with Gasteiger partial charge < -0.3 is 14.3 Å².